The average molecular weight is 348 g/mol. The van der Waals surface area contributed by atoms with Crippen molar-refractivity contribution < 1.29 is 9.72 Å². The summed E-state index contributed by atoms with van der Waals surface area (Å²) in [6, 6.07) is 6.34. The van der Waals surface area contributed by atoms with E-state index in [4.69, 9.17) is 0 Å². The van der Waals surface area contributed by atoms with Gasteiger partial charge in [0.25, 0.3) is 5.69 Å². The fourth-order valence-corrected chi connectivity index (χ4v) is 5.05. The number of nitrogens with zero attached hydrogens (tertiary/aromatic N) is 1. The Morgan fingerprint density at radius 3 is 2.67 bits per heavy atom. The van der Waals surface area contributed by atoms with E-state index in [2.05, 4.69) is 5.32 Å². The van der Waals surface area contributed by atoms with E-state index in [0.717, 1.165) is 35.6 Å². The van der Waals surface area contributed by atoms with Crippen molar-refractivity contribution in [3.05, 3.63) is 34.4 Å². The SMILES string of the molecule is CC(Sc1ccc([N+](=O)[O-])cc1)C(=O)NCCC1CC2CCC1C2. The Balaban J connectivity index is 1.40. The molecule has 2 fully saturated rings. The van der Waals surface area contributed by atoms with Gasteiger partial charge >= 0.3 is 0 Å². The van der Waals surface area contributed by atoms with Crippen molar-refractivity contribution in [3.63, 3.8) is 0 Å². The fourth-order valence-electron chi connectivity index (χ4n) is 4.16. The maximum atomic E-state index is 12.2. The van der Waals surface area contributed by atoms with Crippen molar-refractivity contribution in [1.29, 1.82) is 0 Å². The smallest absolute Gasteiger partial charge is 0.269 e. The highest BCUT2D eigenvalue weighted by Crippen LogP contribution is 2.49. The molecule has 1 aromatic rings. The Bertz CT molecular complexity index is 605. The van der Waals surface area contributed by atoms with Crippen molar-refractivity contribution >= 4 is 23.4 Å². The fraction of sp³-hybridized carbons (Fsp3) is 0.611. The Kier molecular flexibility index (Phi) is 5.43. The van der Waals surface area contributed by atoms with Crippen LogP contribution in [0.3, 0.4) is 0 Å². The molecule has 2 aliphatic rings. The van der Waals surface area contributed by atoms with E-state index in [1.165, 1.54) is 49.6 Å². The third-order valence-corrected chi connectivity index (χ3v) is 6.54. The maximum absolute atomic E-state index is 12.2. The largest absolute Gasteiger partial charge is 0.355 e. The van der Waals surface area contributed by atoms with Gasteiger partial charge in [-0.25, -0.2) is 0 Å². The molecule has 1 amide bonds. The van der Waals surface area contributed by atoms with Gasteiger partial charge in [0, 0.05) is 23.6 Å². The summed E-state index contributed by atoms with van der Waals surface area (Å²) in [7, 11) is 0. The summed E-state index contributed by atoms with van der Waals surface area (Å²) in [5, 5.41) is 13.5. The predicted molar refractivity (Wildman–Crippen MR) is 95.0 cm³/mol. The van der Waals surface area contributed by atoms with E-state index in [1.54, 1.807) is 12.1 Å². The van der Waals surface area contributed by atoms with E-state index in [0.29, 0.717) is 0 Å². The van der Waals surface area contributed by atoms with Crippen molar-refractivity contribution in [3.8, 4) is 0 Å². The number of hydrogen-bond acceptors (Lipinski definition) is 4. The van der Waals surface area contributed by atoms with Crippen LogP contribution in [0.1, 0.15) is 39.0 Å². The second-order valence-corrected chi connectivity index (χ2v) is 8.44. The molecule has 5 nitrogen and oxygen atoms in total. The molecule has 2 aliphatic carbocycles. The standard InChI is InChI=1S/C18H24N2O3S/c1-12(24-17-6-4-16(5-7-17)20(22)23)18(21)19-9-8-15-11-13-2-3-14(15)10-13/h4-7,12-15H,2-3,8-11H2,1H3,(H,19,21). The minimum Gasteiger partial charge on any atom is -0.355 e. The van der Waals surface area contributed by atoms with Crippen LogP contribution in [-0.2, 0) is 4.79 Å². The molecule has 6 heteroatoms. The summed E-state index contributed by atoms with van der Waals surface area (Å²) in [5.74, 6) is 2.70. The molecule has 0 radical (unpaired) electrons. The van der Waals surface area contributed by atoms with E-state index < -0.39 is 4.92 Å². The predicted octanol–water partition coefficient (Wildman–Crippen LogP) is 4.02. The molecular weight excluding hydrogens is 324 g/mol. The van der Waals surface area contributed by atoms with E-state index >= 15 is 0 Å². The van der Waals surface area contributed by atoms with Gasteiger partial charge in [0.05, 0.1) is 10.2 Å². The lowest BCUT2D eigenvalue weighted by Crippen LogP contribution is -2.33. The minimum absolute atomic E-state index is 0.0431. The number of rotatable bonds is 7. The van der Waals surface area contributed by atoms with Crippen LogP contribution >= 0.6 is 11.8 Å². The Labute approximate surface area is 146 Å². The quantitative estimate of drug-likeness (QED) is 0.459. The van der Waals surface area contributed by atoms with Crippen LogP contribution in [0.25, 0.3) is 0 Å². The van der Waals surface area contributed by atoms with Gasteiger partial charge in [-0.3, -0.25) is 14.9 Å². The molecule has 0 spiro atoms. The van der Waals surface area contributed by atoms with Crippen molar-refractivity contribution in [1.82, 2.24) is 5.32 Å². The molecule has 0 saturated heterocycles. The number of amides is 1. The number of non-ortho nitro benzene ring substituents is 1. The van der Waals surface area contributed by atoms with Gasteiger partial charge < -0.3 is 5.32 Å². The summed E-state index contributed by atoms with van der Waals surface area (Å²) in [4.78, 5) is 23.3. The van der Waals surface area contributed by atoms with Crippen LogP contribution in [0.5, 0.6) is 0 Å². The molecular formula is C18H24N2O3S. The number of nitro groups is 1. The number of nitro benzene ring substituents is 1. The Morgan fingerprint density at radius 1 is 1.33 bits per heavy atom. The first-order chi connectivity index (χ1) is 11.5. The van der Waals surface area contributed by atoms with Crippen LogP contribution in [0.15, 0.2) is 29.2 Å². The van der Waals surface area contributed by atoms with E-state index in [1.807, 2.05) is 6.92 Å². The Hall–Kier alpha value is -1.56. The second-order valence-electron chi connectivity index (χ2n) is 7.03. The van der Waals surface area contributed by atoms with Gasteiger partial charge in [-0.2, -0.15) is 0 Å². The lowest BCUT2D eigenvalue weighted by atomic mass is 9.86. The van der Waals surface area contributed by atoms with Crippen LogP contribution in [0, 0.1) is 27.9 Å². The van der Waals surface area contributed by atoms with Gasteiger partial charge in [0.15, 0.2) is 0 Å². The highest BCUT2D eigenvalue weighted by Gasteiger charge is 2.38. The van der Waals surface area contributed by atoms with E-state index in [-0.39, 0.29) is 16.8 Å². The molecule has 24 heavy (non-hydrogen) atoms. The van der Waals surface area contributed by atoms with Crippen molar-refractivity contribution in [2.75, 3.05) is 6.54 Å². The monoisotopic (exact) mass is 348 g/mol. The summed E-state index contributed by atoms with van der Waals surface area (Å²) < 4.78 is 0. The average Bonchev–Trinajstić information content (AvgIpc) is 3.18. The zero-order valence-corrected chi connectivity index (χ0v) is 14.8. The summed E-state index contributed by atoms with van der Waals surface area (Å²) in [6.07, 6.45) is 6.66. The lowest BCUT2D eigenvalue weighted by Gasteiger charge is -2.22. The summed E-state index contributed by atoms with van der Waals surface area (Å²) in [6.45, 7) is 2.64. The maximum Gasteiger partial charge on any atom is 0.269 e. The topological polar surface area (TPSA) is 72.2 Å². The number of thioether (sulfide) groups is 1. The molecule has 4 unspecified atom stereocenters. The highest BCUT2D eigenvalue weighted by molar-refractivity contribution is 8.00. The van der Waals surface area contributed by atoms with Gasteiger partial charge in [0.1, 0.15) is 0 Å². The normalized spacial score (nSPS) is 26.3. The number of hydrogen-bond donors (Lipinski definition) is 1. The molecule has 0 aliphatic heterocycles. The molecule has 2 bridgehead atoms. The Morgan fingerprint density at radius 2 is 2.08 bits per heavy atom. The van der Waals surface area contributed by atoms with Gasteiger partial charge in [-0.1, -0.05) is 6.42 Å². The first-order valence-electron chi connectivity index (χ1n) is 8.71. The van der Waals surface area contributed by atoms with Crippen LogP contribution in [-0.4, -0.2) is 22.6 Å². The molecule has 130 valence electrons. The number of carbonyl (C=O) groups excluding carboxylic acids is 1. The third kappa shape index (κ3) is 4.09. The number of nitrogens with one attached hydrogen (secondary N) is 1. The van der Waals surface area contributed by atoms with Gasteiger partial charge in [0.2, 0.25) is 5.91 Å². The number of benzene rings is 1. The van der Waals surface area contributed by atoms with Crippen molar-refractivity contribution in [2.24, 2.45) is 17.8 Å². The highest BCUT2D eigenvalue weighted by atomic mass is 32.2. The first-order valence-corrected chi connectivity index (χ1v) is 9.59. The molecule has 1 aromatic carbocycles. The van der Waals surface area contributed by atoms with Crippen LogP contribution in [0.4, 0.5) is 5.69 Å². The third-order valence-electron chi connectivity index (χ3n) is 5.43. The summed E-state index contributed by atoms with van der Waals surface area (Å²) >= 11 is 1.43. The minimum atomic E-state index is -0.416. The van der Waals surface area contributed by atoms with Crippen LogP contribution < -0.4 is 5.32 Å². The zero-order chi connectivity index (χ0) is 17.1. The van der Waals surface area contributed by atoms with Crippen molar-refractivity contribution in [2.45, 2.75) is 49.2 Å². The van der Waals surface area contributed by atoms with Gasteiger partial charge in [-0.05, 0) is 62.5 Å². The number of fused-ring (bicyclic) bond motifs is 2. The molecule has 1 N–H and O–H groups in total. The first kappa shape index (κ1) is 17.3. The molecule has 0 aromatic heterocycles. The lowest BCUT2D eigenvalue weighted by molar-refractivity contribution is -0.384. The second kappa shape index (κ2) is 7.55. The summed E-state index contributed by atoms with van der Waals surface area (Å²) in [5.41, 5.74) is 0.0716. The zero-order valence-electron chi connectivity index (χ0n) is 13.9. The molecule has 0 heterocycles. The van der Waals surface area contributed by atoms with Crippen LogP contribution in [0.2, 0.25) is 0 Å². The number of carbonyl (C=O) groups is 1. The molecule has 2 saturated carbocycles. The van der Waals surface area contributed by atoms with E-state index in [9.17, 15) is 14.9 Å². The van der Waals surface area contributed by atoms with Gasteiger partial charge in [-0.15, -0.1) is 11.8 Å². The molecule has 4 atom stereocenters. The molecule has 3 rings (SSSR count).